The molecule has 0 aliphatic rings. The molecule has 5 nitrogen and oxygen atoms in total. The molecule has 0 aliphatic carbocycles. The summed E-state index contributed by atoms with van der Waals surface area (Å²) in [5.41, 5.74) is 4.40. The second-order valence-corrected chi connectivity index (χ2v) is 6.78. The molecule has 148 valence electrons. The van der Waals surface area contributed by atoms with Crippen molar-refractivity contribution in [2.45, 2.75) is 13.5 Å². The zero-order valence-electron chi connectivity index (χ0n) is 15.4. The Bertz CT molecular complexity index is 859. The number of nitrogens with one attached hydrogen (secondary N) is 2. The number of halogens is 2. The summed E-state index contributed by atoms with van der Waals surface area (Å²) >= 11 is 17.2. The van der Waals surface area contributed by atoms with E-state index in [1.54, 1.807) is 24.4 Å². The van der Waals surface area contributed by atoms with Crippen molar-refractivity contribution in [3.8, 4) is 11.5 Å². The van der Waals surface area contributed by atoms with Crippen molar-refractivity contribution in [1.29, 1.82) is 0 Å². The molecule has 2 N–H and O–H groups in total. The fourth-order valence-electron chi connectivity index (χ4n) is 2.16. The van der Waals surface area contributed by atoms with Crippen molar-refractivity contribution in [2.24, 2.45) is 5.10 Å². The molecule has 0 bridgehead atoms. The second-order valence-electron chi connectivity index (χ2n) is 5.53. The molecular weight excluding hydrogens is 417 g/mol. The molecule has 0 spiro atoms. The third kappa shape index (κ3) is 7.03. The Balaban J connectivity index is 2.05. The molecule has 0 heterocycles. The van der Waals surface area contributed by atoms with Crippen LogP contribution in [0.25, 0.3) is 0 Å². The van der Waals surface area contributed by atoms with Gasteiger partial charge in [0.05, 0.1) is 12.8 Å². The molecule has 0 fully saturated rings. The number of thiocarbonyl (C=S) groups is 1. The van der Waals surface area contributed by atoms with Crippen LogP contribution < -0.4 is 20.2 Å². The minimum Gasteiger partial charge on any atom is -0.490 e. The van der Waals surface area contributed by atoms with Crippen molar-refractivity contribution < 1.29 is 9.47 Å². The van der Waals surface area contributed by atoms with Crippen LogP contribution in [0.15, 0.2) is 54.2 Å². The fourth-order valence-corrected chi connectivity index (χ4v) is 2.76. The number of hydrogen-bond donors (Lipinski definition) is 2. The Kier molecular flexibility index (Phi) is 9.07. The Morgan fingerprint density at radius 2 is 2.00 bits per heavy atom. The van der Waals surface area contributed by atoms with Gasteiger partial charge in [0.2, 0.25) is 0 Å². The number of rotatable bonds is 9. The average Bonchev–Trinajstić information content (AvgIpc) is 2.67. The molecule has 0 saturated carbocycles. The van der Waals surface area contributed by atoms with Gasteiger partial charge in [-0.2, -0.15) is 5.10 Å². The van der Waals surface area contributed by atoms with Crippen molar-refractivity contribution in [2.75, 3.05) is 13.2 Å². The van der Waals surface area contributed by atoms with Crippen LogP contribution in [-0.2, 0) is 6.61 Å². The van der Waals surface area contributed by atoms with Crippen LogP contribution >= 0.6 is 35.4 Å². The van der Waals surface area contributed by atoms with Crippen LogP contribution in [0.5, 0.6) is 11.5 Å². The molecule has 0 unspecified atom stereocenters. The number of ether oxygens (including phenoxy) is 2. The van der Waals surface area contributed by atoms with Gasteiger partial charge in [0.15, 0.2) is 16.6 Å². The maximum absolute atomic E-state index is 6.20. The molecule has 0 radical (unpaired) electrons. The van der Waals surface area contributed by atoms with Crippen LogP contribution in [0, 0.1) is 0 Å². The van der Waals surface area contributed by atoms with Crippen molar-refractivity contribution in [3.05, 3.63) is 70.2 Å². The van der Waals surface area contributed by atoms with Crippen molar-refractivity contribution in [1.82, 2.24) is 10.7 Å². The van der Waals surface area contributed by atoms with Crippen molar-refractivity contribution in [3.63, 3.8) is 0 Å². The average molecular weight is 438 g/mol. The van der Waals surface area contributed by atoms with Crippen LogP contribution in [0.1, 0.15) is 18.1 Å². The molecule has 0 amide bonds. The lowest BCUT2D eigenvalue weighted by molar-refractivity contribution is 0.269. The van der Waals surface area contributed by atoms with Gasteiger partial charge in [-0.3, -0.25) is 5.43 Å². The third-order valence-corrected chi connectivity index (χ3v) is 4.28. The third-order valence-electron chi connectivity index (χ3n) is 3.45. The lowest BCUT2D eigenvalue weighted by Crippen LogP contribution is -2.31. The number of hydrogen-bond acceptors (Lipinski definition) is 4. The highest BCUT2D eigenvalue weighted by Gasteiger charge is 2.08. The molecular formula is C20H21Cl2N3O2S. The minimum atomic E-state index is 0.300. The first-order valence-electron chi connectivity index (χ1n) is 8.54. The highest BCUT2D eigenvalue weighted by molar-refractivity contribution is 7.80. The summed E-state index contributed by atoms with van der Waals surface area (Å²) in [5.74, 6) is 1.23. The summed E-state index contributed by atoms with van der Waals surface area (Å²) in [4.78, 5) is 0. The molecule has 2 aromatic carbocycles. The first kappa shape index (κ1) is 22.0. The van der Waals surface area contributed by atoms with Crippen molar-refractivity contribution >= 4 is 46.7 Å². The lowest BCUT2D eigenvalue weighted by Gasteiger charge is -2.13. The molecule has 0 saturated heterocycles. The molecule has 28 heavy (non-hydrogen) atoms. The quantitative estimate of drug-likeness (QED) is 0.251. The van der Waals surface area contributed by atoms with Gasteiger partial charge in [-0.05, 0) is 55.0 Å². The standard InChI is InChI=1S/C20H21Cl2N3O2S/c1-3-9-23-20(28)25-24-12-14-5-8-18(19(10-14)26-4-2)27-13-15-6-7-16(21)11-17(15)22/h3,5-8,10-12H,1,4,9,13H2,2H3,(H2,23,25,28). The van der Waals surface area contributed by atoms with E-state index in [1.165, 1.54) is 0 Å². The Labute approximate surface area is 180 Å². The smallest absolute Gasteiger partial charge is 0.187 e. The van der Waals surface area contributed by atoms with Crippen LogP contribution in [-0.4, -0.2) is 24.5 Å². The van der Waals surface area contributed by atoms with E-state index in [0.29, 0.717) is 46.4 Å². The van der Waals surface area contributed by atoms with Gasteiger partial charge in [0, 0.05) is 22.2 Å². The summed E-state index contributed by atoms with van der Waals surface area (Å²) in [5, 5.41) is 8.58. The monoisotopic (exact) mass is 437 g/mol. The Hall–Kier alpha value is -2.28. The highest BCUT2D eigenvalue weighted by Crippen LogP contribution is 2.30. The Morgan fingerprint density at radius 1 is 1.18 bits per heavy atom. The molecule has 0 atom stereocenters. The van der Waals surface area contributed by atoms with Gasteiger partial charge in [-0.1, -0.05) is 35.3 Å². The predicted octanol–water partition coefficient (Wildman–Crippen LogP) is 4.96. The summed E-state index contributed by atoms with van der Waals surface area (Å²) in [7, 11) is 0. The SMILES string of the molecule is C=CCNC(=S)NN=Cc1ccc(OCc2ccc(Cl)cc2Cl)c(OCC)c1. The maximum Gasteiger partial charge on any atom is 0.187 e. The largest absolute Gasteiger partial charge is 0.490 e. The number of hydrazone groups is 1. The van der Waals surface area contributed by atoms with E-state index in [1.807, 2.05) is 31.2 Å². The first-order valence-corrected chi connectivity index (χ1v) is 9.71. The van der Waals surface area contributed by atoms with Gasteiger partial charge in [-0.25, -0.2) is 0 Å². The van der Waals surface area contributed by atoms with E-state index >= 15 is 0 Å². The van der Waals surface area contributed by atoms with Gasteiger partial charge in [0.25, 0.3) is 0 Å². The van der Waals surface area contributed by atoms with E-state index in [0.717, 1.165) is 11.1 Å². The molecule has 2 rings (SSSR count). The summed E-state index contributed by atoms with van der Waals surface area (Å²) in [6, 6.07) is 10.8. The number of benzene rings is 2. The summed E-state index contributed by atoms with van der Waals surface area (Å²) < 4.78 is 11.6. The van der Waals surface area contributed by atoms with Gasteiger partial charge in [0.1, 0.15) is 6.61 Å². The van der Waals surface area contributed by atoms with E-state index in [9.17, 15) is 0 Å². The van der Waals surface area contributed by atoms with E-state index in [2.05, 4.69) is 22.4 Å². The molecule has 0 aromatic heterocycles. The lowest BCUT2D eigenvalue weighted by atomic mass is 10.2. The highest BCUT2D eigenvalue weighted by atomic mass is 35.5. The van der Waals surface area contributed by atoms with E-state index in [-0.39, 0.29) is 0 Å². The van der Waals surface area contributed by atoms with Gasteiger partial charge >= 0.3 is 0 Å². The summed E-state index contributed by atoms with van der Waals surface area (Å²) in [6.45, 7) is 6.90. The second kappa shape index (κ2) is 11.5. The predicted molar refractivity (Wildman–Crippen MR) is 120 cm³/mol. The molecule has 8 heteroatoms. The maximum atomic E-state index is 6.20. The molecule has 0 aliphatic heterocycles. The topological polar surface area (TPSA) is 54.9 Å². The fraction of sp³-hybridized carbons (Fsp3) is 0.200. The minimum absolute atomic E-state index is 0.300. The zero-order chi connectivity index (χ0) is 20.4. The van der Waals surface area contributed by atoms with Crippen LogP contribution in [0.4, 0.5) is 0 Å². The Morgan fingerprint density at radius 3 is 2.71 bits per heavy atom. The van der Waals surface area contributed by atoms with E-state index in [4.69, 9.17) is 44.9 Å². The van der Waals surface area contributed by atoms with E-state index < -0.39 is 0 Å². The van der Waals surface area contributed by atoms with Gasteiger partial charge < -0.3 is 14.8 Å². The first-order chi connectivity index (χ1) is 13.5. The zero-order valence-corrected chi connectivity index (χ0v) is 17.7. The van der Waals surface area contributed by atoms with Crippen LogP contribution in [0.3, 0.4) is 0 Å². The molecule has 2 aromatic rings. The van der Waals surface area contributed by atoms with Gasteiger partial charge in [-0.15, -0.1) is 6.58 Å². The normalized spacial score (nSPS) is 10.5. The van der Waals surface area contributed by atoms with Crippen LogP contribution in [0.2, 0.25) is 10.0 Å². The number of nitrogens with zero attached hydrogens (tertiary/aromatic N) is 1. The summed E-state index contributed by atoms with van der Waals surface area (Å²) in [6.07, 6.45) is 3.35.